The third kappa shape index (κ3) is 2.02. The zero-order valence-electron chi connectivity index (χ0n) is 6.91. The monoisotopic (exact) mass is 179 g/mol. The predicted octanol–water partition coefficient (Wildman–Crippen LogP) is 0.180. The summed E-state index contributed by atoms with van der Waals surface area (Å²) in [4.78, 5) is 27.6. The minimum atomic E-state index is -0.448. The number of aromatic nitrogens is 2. The summed E-state index contributed by atoms with van der Waals surface area (Å²) in [6, 6.07) is 0. The van der Waals surface area contributed by atoms with Crippen LogP contribution in [0.3, 0.4) is 0 Å². The van der Waals surface area contributed by atoms with Crippen LogP contribution in [0, 0.1) is 0 Å². The molecule has 2 N–H and O–H groups in total. The summed E-state index contributed by atoms with van der Waals surface area (Å²) in [5.74, 6) is 0.277. The smallest absolute Gasteiger partial charge is 0.263 e. The lowest BCUT2D eigenvalue weighted by atomic mass is 10.3. The maximum Gasteiger partial charge on any atom is 0.263 e. The van der Waals surface area contributed by atoms with E-state index in [1.807, 2.05) is 0 Å². The maximum atomic E-state index is 11.0. The molecule has 0 unspecified atom stereocenters. The summed E-state index contributed by atoms with van der Waals surface area (Å²) in [5.41, 5.74) is -0.444. The van der Waals surface area contributed by atoms with Crippen LogP contribution in [-0.4, -0.2) is 22.8 Å². The van der Waals surface area contributed by atoms with Crippen molar-refractivity contribution in [1.82, 2.24) is 9.97 Å². The lowest BCUT2D eigenvalue weighted by molar-refractivity contribution is 0.112. The normalized spacial score (nSPS) is 9.23. The van der Waals surface area contributed by atoms with Gasteiger partial charge in [-0.15, -0.1) is 6.58 Å². The number of nitrogens with zero attached hydrogens (tertiary/aromatic N) is 1. The van der Waals surface area contributed by atoms with Crippen molar-refractivity contribution in [2.45, 2.75) is 0 Å². The first-order valence-electron chi connectivity index (χ1n) is 3.67. The van der Waals surface area contributed by atoms with Gasteiger partial charge in [0, 0.05) is 6.54 Å². The molecule has 0 fully saturated rings. The second kappa shape index (κ2) is 4.20. The van der Waals surface area contributed by atoms with Crippen LogP contribution in [0.15, 0.2) is 23.8 Å². The van der Waals surface area contributed by atoms with Crippen LogP contribution in [0.25, 0.3) is 0 Å². The molecular formula is C8H9N3O2. The number of carbonyl (C=O) groups excluding carboxylic acids is 1. The lowest BCUT2D eigenvalue weighted by Crippen LogP contribution is -2.16. The van der Waals surface area contributed by atoms with Crippen molar-refractivity contribution in [2.24, 2.45) is 0 Å². The molecule has 0 bridgehead atoms. The van der Waals surface area contributed by atoms with E-state index in [1.165, 1.54) is 6.33 Å². The van der Waals surface area contributed by atoms with E-state index in [-0.39, 0.29) is 11.4 Å². The molecule has 0 saturated carbocycles. The Labute approximate surface area is 74.5 Å². The van der Waals surface area contributed by atoms with Gasteiger partial charge in [-0.25, -0.2) is 4.98 Å². The summed E-state index contributed by atoms with van der Waals surface area (Å²) >= 11 is 0. The Morgan fingerprint density at radius 1 is 1.69 bits per heavy atom. The van der Waals surface area contributed by atoms with Crippen molar-refractivity contribution in [3.8, 4) is 0 Å². The first-order chi connectivity index (χ1) is 6.29. The summed E-state index contributed by atoms with van der Waals surface area (Å²) < 4.78 is 0. The summed E-state index contributed by atoms with van der Waals surface area (Å²) in [5, 5.41) is 2.77. The van der Waals surface area contributed by atoms with Gasteiger partial charge in [-0.1, -0.05) is 6.08 Å². The number of hydrogen-bond donors (Lipinski definition) is 2. The second-order valence-corrected chi connectivity index (χ2v) is 2.28. The number of aromatic amines is 1. The Bertz CT molecular complexity index is 370. The molecule has 0 spiro atoms. The van der Waals surface area contributed by atoms with Crippen LogP contribution < -0.4 is 10.9 Å². The van der Waals surface area contributed by atoms with Crippen molar-refractivity contribution in [3.63, 3.8) is 0 Å². The van der Waals surface area contributed by atoms with Crippen LogP contribution in [0.1, 0.15) is 10.4 Å². The summed E-state index contributed by atoms with van der Waals surface area (Å²) in [6.45, 7) is 3.94. The fourth-order valence-corrected chi connectivity index (χ4v) is 0.829. The van der Waals surface area contributed by atoms with E-state index in [4.69, 9.17) is 0 Å². The van der Waals surface area contributed by atoms with Crippen molar-refractivity contribution in [1.29, 1.82) is 0 Å². The van der Waals surface area contributed by atoms with Gasteiger partial charge in [0.2, 0.25) is 0 Å². The topological polar surface area (TPSA) is 74.8 Å². The van der Waals surface area contributed by atoms with Crippen LogP contribution in [0.4, 0.5) is 5.82 Å². The number of rotatable bonds is 4. The molecule has 1 aromatic rings. The van der Waals surface area contributed by atoms with Crippen molar-refractivity contribution in [2.75, 3.05) is 11.9 Å². The highest BCUT2D eigenvalue weighted by Crippen LogP contribution is 2.01. The number of H-pyrrole nitrogens is 1. The van der Waals surface area contributed by atoms with Crippen molar-refractivity contribution < 1.29 is 4.79 Å². The van der Waals surface area contributed by atoms with Crippen LogP contribution in [0.5, 0.6) is 0 Å². The molecule has 68 valence electrons. The molecule has 1 rings (SSSR count). The molecule has 0 aliphatic heterocycles. The average molecular weight is 179 g/mol. The molecule has 0 atom stereocenters. The number of anilines is 1. The van der Waals surface area contributed by atoms with Gasteiger partial charge in [0.15, 0.2) is 6.29 Å². The summed E-state index contributed by atoms with van der Waals surface area (Å²) in [7, 11) is 0. The summed E-state index contributed by atoms with van der Waals surface area (Å²) in [6.07, 6.45) is 3.31. The largest absolute Gasteiger partial charge is 0.366 e. The number of hydrogen-bond acceptors (Lipinski definition) is 4. The van der Waals surface area contributed by atoms with Gasteiger partial charge in [0.1, 0.15) is 11.4 Å². The molecule has 0 radical (unpaired) electrons. The number of nitrogens with one attached hydrogen (secondary N) is 2. The molecule has 5 nitrogen and oxygen atoms in total. The van der Waals surface area contributed by atoms with Crippen LogP contribution >= 0.6 is 0 Å². The van der Waals surface area contributed by atoms with Crippen molar-refractivity contribution in [3.05, 3.63) is 34.9 Å². The first kappa shape index (κ1) is 9.18. The second-order valence-electron chi connectivity index (χ2n) is 2.28. The zero-order chi connectivity index (χ0) is 9.68. The molecule has 0 aliphatic rings. The minimum Gasteiger partial charge on any atom is -0.366 e. The third-order valence-corrected chi connectivity index (χ3v) is 1.42. The molecule has 13 heavy (non-hydrogen) atoms. The highest BCUT2D eigenvalue weighted by molar-refractivity contribution is 5.81. The SMILES string of the molecule is C=CCNc1nc[nH]c(=O)c1C=O. The molecule has 0 amide bonds. The Balaban J connectivity index is 3.05. The van der Waals surface area contributed by atoms with E-state index in [0.717, 1.165) is 0 Å². The van der Waals surface area contributed by atoms with Gasteiger partial charge in [0.25, 0.3) is 5.56 Å². The van der Waals surface area contributed by atoms with E-state index in [2.05, 4.69) is 21.9 Å². The molecule has 5 heteroatoms. The maximum absolute atomic E-state index is 11.0. The van der Waals surface area contributed by atoms with Gasteiger partial charge in [-0.3, -0.25) is 9.59 Å². The average Bonchev–Trinajstić information content (AvgIpc) is 2.15. The number of carbonyl (C=O) groups is 1. The Hall–Kier alpha value is -1.91. The highest BCUT2D eigenvalue weighted by atomic mass is 16.1. The Morgan fingerprint density at radius 2 is 2.46 bits per heavy atom. The third-order valence-electron chi connectivity index (χ3n) is 1.42. The van der Waals surface area contributed by atoms with E-state index < -0.39 is 5.56 Å². The standard InChI is InChI=1S/C8H9N3O2/c1-2-3-9-7-6(4-12)8(13)11-5-10-7/h2,4-5H,1,3H2,(H2,9,10,11,13). The number of aldehydes is 1. The molecule has 1 aromatic heterocycles. The van der Waals surface area contributed by atoms with E-state index in [0.29, 0.717) is 12.8 Å². The highest BCUT2D eigenvalue weighted by Gasteiger charge is 2.05. The molecule has 0 saturated heterocycles. The van der Waals surface area contributed by atoms with E-state index >= 15 is 0 Å². The Kier molecular flexibility index (Phi) is 2.97. The van der Waals surface area contributed by atoms with Gasteiger partial charge in [-0.05, 0) is 0 Å². The Morgan fingerprint density at radius 3 is 3.08 bits per heavy atom. The van der Waals surface area contributed by atoms with E-state index in [9.17, 15) is 9.59 Å². The van der Waals surface area contributed by atoms with E-state index in [1.54, 1.807) is 6.08 Å². The molecule has 0 aromatic carbocycles. The molecule has 1 heterocycles. The van der Waals surface area contributed by atoms with Gasteiger partial charge in [-0.2, -0.15) is 0 Å². The zero-order valence-corrected chi connectivity index (χ0v) is 6.91. The predicted molar refractivity (Wildman–Crippen MR) is 48.9 cm³/mol. The fourth-order valence-electron chi connectivity index (χ4n) is 0.829. The minimum absolute atomic E-state index is 0.00403. The lowest BCUT2D eigenvalue weighted by Gasteiger charge is -2.02. The van der Waals surface area contributed by atoms with Crippen LogP contribution in [0.2, 0.25) is 0 Å². The van der Waals surface area contributed by atoms with Gasteiger partial charge < -0.3 is 10.3 Å². The van der Waals surface area contributed by atoms with Crippen LogP contribution in [-0.2, 0) is 0 Å². The quantitative estimate of drug-likeness (QED) is 0.510. The van der Waals surface area contributed by atoms with Gasteiger partial charge in [0.05, 0.1) is 6.33 Å². The van der Waals surface area contributed by atoms with Crippen molar-refractivity contribution >= 4 is 12.1 Å². The molecular weight excluding hydrogens is 170 g/mol. The first-order valence-corrected chi connectivity index (χ1v) is 3.67. The molecule has 0 aliphatic carbocycles. The fraction of sp³-hybridized carbons (Fsp3) is 0.125. The van der Waals surface area contributed by atoms with Gasteiger partial charge >= 0.3 is 0 Å².